The molecule has 0 aliphatic rings. The molecule has 0 aliphatic carbocycles. The van der Waals surface area contributed by atoms with Crippen LogP contribution in [0, 0.1) is 0 Å². The van der Waals surface area contributed by atoms with Crippen LogP contribution in [0.4, 0.5) is 28.7 Å². The Hall–Kier alpha value is -3.22. The van der Waals surface area contributed by atoms with Crippen LogP contribution in [0.2, 0.25) is 0 Å². The van der Waals surface area contributed by atoms with Crippen LogP contribution in [-0.4, -0.2) is 16.7 Å². The summed E-state index contributed by atoms with van der Waals surface area (Å²) >= 11 is 0. The number of hydrogen-bond donors (Lipinski definition) is 3. The molecule has 0 bridgehead atoms. The van der Waals surface area contributed by atoms with Crippen molar-refractivity contribution in [2.75, 3.05) is 17.2 Å². The molecule has 0 amide bonds. The summed E-state index contributed by atoms with van der Waals surface area (Å²) in [6, 6.07) is 16.1. The Balaban J connectivity index is 1.60. The topological polar surface area (TPSA) is 81.3 Å². The molecule has 0 saturated carbocycles. The van der Waals surface area contributed by atoms with E-state index in [4.69, 9.17) is 0 Å². The predicted octanol–water partition coefficient (Wildman–Crippen LogP) is 4.22. The number of benzene rings is 2. The first kappa shape index (κ1) is 16.6. The average molecular weight is 336 g/mol. The van der Waals surface area contributed by atoms with Crippen molar-refractivity contribution in [1.29, 1.82) is 0 Å². The molecule has 0 radical (unpaired) electrons. The predicted molar refractivity (Wildman–Crippen MR) is 98.9 cm³/mol. The molecule has 7 heteroatoms. The Kier molecular flexibility index (Phi) is 5.36. The molecule has 1 heterocycles. The fraction of sp³-hybridized carbons (Fsp3) is 0.222. The zero-order valence-electron chi connectivity index (χ0n) is 14.4. The summed E-state index contributed by atoms with van der Waals surface area (Å²) in [5.74, 6) is 0.596. The molecule has 3 rings (SSSR count). The van der Waals surface area contributed by atoms with Gasteiger partial charge in [0, 0.05) is 28.7 Å². The maximum absolute atomic E-state index is 4.19. The van der Waals surface area contributed by atoms with Crippen LogP contribution < -0.4 is 15.2 Å². The third-order valence-corrected chi connectivity index (χ3v) is 3.61. The minimum Gasteiger partial charge on any atom is -0.385 e. The fourth-order valence-electron chi connectivity index (χ4n) is 2.22. The summed E-state index contributed by atoms with van der Waals surface area (Å²) in [5, 5.41) is 21.7. The van der Waals surface area contributed by atoms with Gasteiger partial charge in [-0.05, 0) is 60.1 Å². The number of rotatable bonds is 7. The van der Waals surface area contributed by atoms with Gasteiger partial charge in [-0.25, -0.2) is 4.57 Å². The summed E-state index contributed by atoms with van der Waals surface area (Å²) in [4.78, 5) is 0. The molecular weight excluding hydrogens is 314 g/mol. The van der Waals surface area contributed by atoms with E-state index in [1.807, 2.05) is 31.3 Å². The van der Waals surface area contributed by atoms with E-state index < -0.39 is 0 Å². The Morgan fingerprint density at radius 2 is 1.60 bits per heavy atom. The summed E-state index contributed by atoms with van der Waals surface area (Å²) in [6.07, 6.45) is 2.76. The second-order valence-corrected chi connectivity index (χ2v) is 5.67. The molecule has 3 aromatic rings. The lowest BCUT2D eigenvalue weighted by Crippen LogP contribution is -2.24. The number of azo groups is 1. The van der Waals surface area contributed by atoms with Crippen molar-refractivity contribution >= 4 is 28.7 Å². The lowest BCUT2D eigenvalue weighted by Gasteiger charge is -2.08. The second kappa shape index (κ2) is 8.05. The Morgan fingerprint density at radius 1 is 0.960 bits per heavy atom. The highest BCUT2D eigenvalue weighted by molar-refractivity contribution is 5.63. The van der Waals surface area contributed by atoms with Gasteiger partial charge in [0.15, 0.2) is 0 Å². The SMILES string of the molecule is CCCNc1ccc(Nc2ccc(N=Nc3[nH]nc[n+]3C)cc2)cc1. The first-order valence-corrected chi connectivity index (χ1v) is 8.26. The fourth-order valence-corrected chi connectivity index (χ4v) is 2.22. The molecule has 25 heavy (non-hydrogen) atoms. The summed E-state index contributed by atoms with van der Waals surface area (Å²) in [5.41, 5.74) is 3.95. The van der Waals surface area contributed by atoms with E-state index in [0.29, 0.717) is 5.95 Å². The van der Waals surface area contributed by atoms with Gasteiger partial charge in [0.1, 0.15) is 0 Å². The highest BCUT2D eigenvalue weighted by atomic mass is 15.3. The van der Waals surface area contributed by atoms with Crippen LogP contribution in [0.25, 0.3) is 0 Å². The van der Waals surface area contributed by atoms with E-state index in [0.717, 1.165) is 35.7 Å². The van der Waals surface area contributed by atoms with Crippen LogP contribution in [0.1, 0.15) is 13.3 Å². The van der Waals surface area contributed by atoms with Crippen molar-refractivity contribution < 1.29 is 4.57 Å². The number of hydrogen-bond acceptors (Lipinski definition) is 5. The zero-order chi connectivity index (χ0) is 17.5. The number of aryl methyl sites for hydroxylation is 1. The van der Waals surface area contributed by atoms with Gasteiger partial charge in [-0.2, -0.15) is 0 Å². The van der Waals surface area contributed by atoms with Crippen molar-refractivity contribution in [3.05, 3.63) is 54.9 Å². The summed E-state index contributed by atoms with van der Waals surface area (Å²) in [7, 11) is 1.86. The summed E-state index contributed by atoms with van der Waals surface area (Å²) in [6.45, 7) is 3.14. The number of aromatic amines is 1. The van der Waals surface area contributed by atoms with Gasteiger partial charge in [-0.1, -0.05) is 12.0 Å². The highest BCUT2D eigenvalue weighted by Crippen LogP contribution is 2.22. The van der Waals surface area contributed by atoms with Crippen LogP contribution in [0.5, 0.6) is 0 Å². The summed E-state index contributed by atoms with van der Waals surface area (Å²) < 4.78 is 1.76. The van der Waals surface area contributed by atoms with Gasteiger partial charge in [-0.15, -0.1) is 5.10 Å². The lowest BCUT2D eigenvalue weighted by atomic mass is 10.2. The first-order chi connectivity index (χ1) is 12.2. The molecule has 0 unspecified atom stereocenters. The standard InChI is InChI=1S/C18H21N7/c1-3-12-19-14-4-6-15(7-5-14)21-16-8-10-17(11-9-16)22-24-18-23-20-13-25(18)2/h4-11,13H,3,12H2,1-2H3,(H2,19,21,22,23,24)/p+1. The molecule has 0 aliphatic heterocycles. The van der Waals surface area contributed by atoms with Crippen LogP contribution in [0.3, 0.4) is 0 Å². The minimum atomic E-state index is 0.596. The Labute approximate surface area is 146 Å². The number of H-pyrrole nitrogens is 1. The zero-order valence-corrected chi connectivity index (χ0v) is 14.4. The van der Waals surface area contributed by atoms with Crippen LogP contribution in [-0.2, 0) is 7.05 Å². The van der Waals surface area contributed by atoms with Crippen molar-refractivity contribution in [2.45, 2.75) is 13.3 Å². The largest absolute Gasteiger partial charge is 0.401 e. The van der Waals surface area contributed by atoms with Crippen molar-refractivity contribution in [1.82, 2.24) is 10.2 Å². The number of nitrogens with one attached hydrogen (secondary N) is 3. The number of anilines is 3. The van der Waals surface area contributed by atoms with Gasteiger partial charge >= 0.3 is 5.95 Å². The van der Waals surface area contributed by atoms with Crippen molar-refractivity contribution in [3.8, 4) is 0 Å². The van der Waals surface area contributed by atoms with E-state index in [2.05, 4.69) is 62.2 Å². The molecule has 0 saturated heterocycles. The molecule has 128 valence electrons. The van der Waals surface area contributed by atoms with E-state index >= 15 is 0 Å². The third-order valence-electron chi connectivity index (χ3n) is 3.61. The second-order valence-electron chi connectivity index (χ2n) is 5.67. The van der Waals surface area contributed by atoms with Gasteiger partial charge in [-0.3, -0.25) is 0 Å². The average Bonchev–Trinajstić information content (AvgIpc) is 3.05. The normalized spacial score (nSPS) is 11.0. The van der Waals surface area contributed by atoms with Gasteiger partial charge in [0.2, 0.25) is 6.33 Å². The molecule has 0 spiro atoms. The minimum absolute atomic E-state index is 0.596. The van der Waals surface area contributed by atoms with Crippen LogP contribution >= 0.6 is 0 Å². The van der Waals surface area contributed by atoms with E-state index in [-0.39, 0.29) is 0 Å². The quantitative estimate of drug-likeness (QED) is 0.446. The first-order valence-electron chi connectivity index (χ1n) is 8.26. The molecule has 0 fully saturated rings. The maximum atomic E-state index is 4.19. The lowest BCUT2D eigenvalue weighted by molar-refractivity contribution is -0.658. The van der Waals surface area contributed by atoms with Gasteiger partial charge in [0.05, 0.1) is 12.7 Å². The molecule has 3 N–H and O–H groups in total. The number of aromatic nitrogens is 3. The third kappa shape index (κ3) is 4.63. The van der Waals surface area contributed by atoms with E-state index in [1.54, 1.807) is 10.9 Å². The molecule has 7 nitrogen and oxygen atoms in total. The maximum Gasteiger partial charge on any atom is 0.401 e. The van der Waals surface area contributed by atoms with Gasteiger partial charge < -0.3 is 10.6 Å². The molecule has 2 aromatic carbocycles. The Bertz CT molecular complexity index is 819. The highest BCUT2D eigenvalue weighted by Gasteiger charge is 2.05. The van der Waals surface area contributed by atoms with E-state index in [1.165, 1.54) is 0 Å². The van der Waals surface area contributed by atoms with Crippen molar-refractivity contribution in [3.63, 3.8) is 0 Å². The molecular formula is C18H22N7+. The van der Waals surface area contributed by atoms with Crippen molar-refractivity contribution in [2.24, 2.45) is 17.3 Å². The smallest absolute Gasteiger partial charge is 0.385 e. The molecule has 0 atom stereocenters. The van der Waals surface area contributed by atoms with E-state index in [9.17, 15) is 0 Å². The Morgan fingerprint density at radius 3 is 2.20 bits per heavy atom. The number of nitrogens with zero attached hydrogens (tertiary/aromatic N) is 4. The van der Waals surface area contributed by atoms with Crippen LogP contribution in [0.15, 0.2) is 65.1 Å². The monoisotopic (exact) mass is 336 g/mol. The van der Waals surface area contributed by atoms with Gasteiger partial charge in [0.25, 0.3) is 0 Å². The molecule has 1 aromatic heterocycles.